The highest BCUT2D eigenvalue weighted by atomic mass is 16.5. The Balaban J connectivity index is 1.10. The van der Waals surface area contributed by atoms with E-state index in [-0.39, 0.29) is 5.41 Å². The summed E-state index contributed by atoms with van der Waals surface area (Å²) in [7, 11) is 0. The molecular formula is C49H33NO. The van der Waals surface area contributed by atoms with Crippen LogP contribution in [0.1, 0.15) is 47.2 Å². The standard InChI is InChI=1S/C49H33NO/c1-48(2)37-16-6-4-14-35(37)47-46(48)45(36-15-5-10-20-42(36)50-47)31-25-23-30(24-26-31)32-27-28-34-33-13-3-7-17-38(33)49(41(34)29-32)39-18-8-11-21-43(39)51-44-22-12-9-19-40(44)49/h3-29H,1-2H3. The molecule has 51 heavy (non-hydrogen) atoms. The monoisotopic (exact) mass is 651 g/mol. The minimum absolute atomic E-state index is 0.170. The molecule has 0 saturated heterocycles. The summed E-state index contributed by atoms with van der Waals surface area (Å²) >= 11 is 0. The van der Waals surface area contributed by atoms with Crippen molar-refractivity contribution >= 4 is 10.9 Å². The molecule has 1 aliphatic heterocycles. The van der Waals surface area contributed by atoms with Crippen molar-refractivity contribution in [1.29, 1.82) is 0 Å². The van der Waals surface area contributed by atoms with E-state index in [1.54, 1.807) is 0 Å². The largest absolute Gasteiger partial charge is 0.457 e. The quantitative estimate of drug-likeness (QED) is 0.186. The molecule has 11 rings (SSSR count). The van der Waals surface area contributed by atoms with Gasteiger partial charge in [-0.05, 0) is 79.9 Å². The first kappa shape index (κ1) is 28.6. The Morgan fingerprint density at radius 1 is 0.451 bits per heavy atom. The van der Waals surface area contributed by atoms with Gasteiger partial charge in [0.15, 0.2) is 0 Å². The average molecular weight is 652 g/mol. The van der Waals surface area contributed by atoms with Crippen LogP contribution in [0.3, 0.4) is 0 Å². The van der Waals surface area contributed by atoms with Gasteiger partial charge in [-0.1, -0.05) is 153 Å². The fourth-order valence-corrected chi connectivity index (χ4v) is 9.55. The summed E-state index contributed by atoms with van der Waals surface area (Å²) in [5.41, 5.74) is 17.8. The lowest BCUT2D eigenvalue weighted by atomic mass is 9.66. The van der Waals surface area contributed by atoms with Crippen molar-refractivity contribution in [3.63, 3.8) is 0 Å². The van der Waals surface area contributed by atoms with Crippen LogP contribution in [0.2, 0.25) is 0 Å². The Morgan fingerprint density at radius 2 is 1.00 bits per heavy atom. The third kappa shape index (κ3) is 3.69. The van der Waals surface area contributed by atoms with Gasteiger partial charge in [0.2, 0.25) is 0 Å². The molecule has 2 nitrogen and oxygen atoms in total. The molecule has 0 saturated carbocycles. The summed E-state index contributed by atoms with van der Waals surface area (Å²) in [4.78, 5) is 5.26. The maximum atomic E-state index is 6.56. The molecular weight excluding hydrogens is 619 g/mol. The number of hydrogen-bond acceptors (Lipinski definition) is 2. The molecule has 2 heterocycles. The predicted molar refractivity (Wildman–Crippen MR) is 208 cm³/mol. The first-order valence-corrected chi connectivity index (χ1v) is 17.8. The molecule has 0 amide bonds. The highest BCUT2D eigenvalue weighted by Gasteiger charge is 2.51. The molecule has 3 aliphatic rings. The Morgan fingerprint density at radius 3 is 1.75 bits per heavy atom. The van der Waals surface area contributed by atoms with Crippen LogP contribution in [0.15, 0.2) is 164 Å². The number of para-hydroxylation sites is 3. The molecule has 0 N–H and O–H groups in total. The third-order valence-corrected chi connectivity index (χ3v) is 11.7. The van der Waals surface area contributed by atoms with E-state index in [9.17, 15) is 0 Å². The van der Waals surface area contributed by atoms with Crippen LogP contribution in [-0.4, -0.2) is 4.98 Å². The van der Waals surface area contributed by atoms with Gasteiger partial charge in [0, 0.05) is 27.5 Å². The number of rotatable bonds is 2. The maximum Gasteiger partial charge on any atom is 0.132 e. The second-order valence-electron chi connectivity index (χ2n) is 14.6. The minimum atomic E-state index is -0.482. The molecule has 240 valence electrons. The summed E-state index contributed by atoms with van der Waals surface area (Å²) in [5.74, 6) is 1.83. The van der Waals surface area contributed by atoms with E-state index in [4.69, 9.17) is 9.72 Å². The van der Waals surface area contributed by atoms with Gasteiger partial charge < -0.3 is 4.74 Å². The van der Waals surface area contributed by atoms with Crippen molar-refractivity contribution in [3.05, 3.63) is 197 Å². The van der Waals surface area contributed by atoms with Crippen molar-refractivity contribution in [2.45, 2.75) is 24.7 Å². The molecule has 0 fully saturated rings. The number of benzene rings is 7. The molecule has 8 aromatic rings. The normalized spacial score (nSPS) is 14.9. The van der Waals surface area contributed by atoms with E-state index in [1.165, 1.54) is 77.7 Å². The highest BCUT2D eigenvalue weighted by Crippen LogP contribution is 2.62. The number of hydrogen-bond donors (Lipinski definition) is 0. The molecule has 1 spiro atoms. The molecule has 2 aliphatic carbocycles. The Hall–Kier alpha value is -6.25. The van der Waals surface area contributed by atoms with Crippen molar-refractivity contribution < 1.29 is 4.74 Å². The van der Waals surface area contributed by atoms with Gasteiger partial charge in [0.1, 0.15) is 11.5 Å². The minimum Gasteiger partial charge on any atom is -0.457 e. The van der Waals surface area contributed by atoms with Crippen molar-refractivity contribution in [2.75, 3.05) is 0 Å². The van der Waals surface area contributed by atoms with Crippen molar-refractivity contribution in [3.8, 4) is 56.1 Å². The van der Waals surface area contributed by atoms with Crippen LogP contribution >= 0.6 is 0 Å². The molecule has 1 aromatic heterocycles. The molecule has 7 aromatic carbocycles. The van der Waals surface area contributed by atoms with Crippen LogP contribution in [0, 0.1) is 0 Å². The van der Waals surface area contributed by atoms with Crippen LogP contribution in [0.25, 0.3) is 55.5 Å². The van der Waals surface area contributed by atoms with Crippen molar-refractivity contribution in [1.82, 2.24) is 4.98 Å². The lowest BCUT2D eigenvalue weighted by Gasteiger charge is -2.39. The topological polar surface area (TPSA) is 22.1 Å². The Bertz CT molecular complexity index is 2710. The maximum absolute atomic E-state index is 6.56. The molecule has 0 atom stereocenters. The SMILES string of the molecule is CC1(C)c2ccccc2-c2nc3ccccc3c(-c3ccc(-c4ccc5c(c4)C4(c6ccccc6Oc6ccccc64)c4ccccc4-5)cc3)c21. The van der Waals surface area contributed by atoms with E-state index in [2.05, 4.69) is 178 Å². The fraction of sp³-hybridized carbons (Fsp3) is 0.0816. The lowest BCUT2D eigenvalue weighted by Crippen LogP contribution is -2.32. The summed E-state index contributed by atoms with van der Waals surface area (Å²) in [6.07, 6.45) is 0. The van der Waals surface area contributed by atoms with E-state index in [0.717, 1.165) is 22.7 Å². The summed E-state index contributed by atoms with van der Waals surface area (Å²) in [5, 5.41) is 1.19. The third-order valence-electron chi connectivity index (χ3n) is 11.7. The van der Waals surface area contributed by atoms with Gasteiger partial charge in [-0.2, -0.15) is 0 Å². The van der Waals surface area contributed by atoms with Crippen LogP contribution in [-0.2, 0) is 10.8 Å². The molecule has 0 unspecified atom stereocenters. The zero-order valence-corrected chi connectivity index (χ0v) is 28.4. The average Bonchev–Trinajstić information content (AvgIpc) is 3.59. The Labute approximate surface area is 297 Å². The fourth-order valence-electron chi connectivity index (χ4n) is 9.55. The highest BCUT2D eigenvalue weighted by molar-refractivity contribution is 6.02. The zero-order chi connectivity index (χ0) is 33.9. The number of ether oxygens (including phenoxy) is 1. The second kappa shape index (κ2) is 10.2. The van der Waals surface area contributed by atoms with Gasteiger partial charge in [0.05, 0.1) is 16.6 Å². The number of fused-ring (bicyclic) bond motifs is 13. The summed E-state index contributed by atoms with van der Waals surface area (Å²) in [6.45, 7) is 4.69. The van der Waals surface area contributed by atoms with Crippen LogP contribution in [0.5, 0.6) is 11.5 Å². The molecule has 0 bridgehead atoms. The second-order valence-corrected chi connectivity index (χ2v) is 14.6. The number of pyridine rings is 1. The van der Waals surface area contributed by atoms with Crippen LogP contribution < -0.4 is 4.74 Å². The first-order valence-electron chi connectivity index (χ1n) is 17.8. The van der Waals surface area contributed by atoms with E-state index in [1.807, 2.05) is 0 Å². The predicted octanol–water partition coefficient (Wildman–Crippen LogP) is 12.3. The van der Waals surface area contributed by atoms with Gasteiger partial charge in [0.25, 0.3) is 0 Å². The van der Waals surface area contributed by atoms with E-state index in [0.29, 0.717) is 0 Å². The zero-order valence-electron chi connectivity index (χ0n) is 28.4. The number of aromatic nitrogens is 1. The summed E-state index contributed by atoms with van der Waals surface area (Å²) < 4.78 is 6.56. The van der Waals surface area contributed by atoms with E-state index >= 15 is 0 Å². The Kier molecular flexibility index (Phi) is 5.69. The smallest absolute Gasteiger partial charge is 0.132 e. The lowest BCUT2D eigenvalue weighted by molar-refractivity contribution is 0.436. The van der Waals surface area contributed by atoms with Gasteiger partial charge in [-0.25, -0.2) is 4.98 Å². The van der Waals surface area contributed by atoms with E-state index < -0.39 is 5.41 Å². The number of nitrogens with zero attached hydrogens (tertiary/aromatic N) is 1. The molecule has 2 heteroatoms. The van der Waals surface area contributed by atoms with Gasteiger partial charge in [-0.15, -0.1) is 0 Å². The first-order chi connectivity index (χ1) is 25.0. The summed E-state index contributed by atoms with van der Waals surface area (Å²) in [6, 6.07) is 59.7. The van der Waals surface area contributed by atoms with Gasteiger partial charge >= 0.3 is 0 Å². The van der Waals surface area contributed by atoms with Crippen LogP contribution in [0.4, 0.5) is 0 Å². The molecule has 0 radical (unpaired) electrons. The van der Waals surface area contributed by atoms with Crippen molar-refractivity contribution in [2.24, 2.45) is 0 Å². The van der Waals surface area contributed by atoms with Gasteiger partial charge in [-0.3, -0.25) is 0 Å².